The maximum absolute atomic E-state index is 9.85. The van der Waals surface area contributed by atoms with Gasteiger partial charge in [-0.05, 0) is 31.9 Å². The minimum atomic E-state index is -0.157. The fourth-order valence-electron chi connectivity index (χ4n) is 2.75. The summed E-state index contributed by atoms with van der Waals surface area (Å²) in [6.45, 7) is 1.98. The summed E-state index contributed by atoms with van der Waals surface area (Å²) in [5.41, 5.74) is 1.48. The van der Waals surface area contributed by atoms with E-state index in [1.165, 1.54) is 25.3 Å². The predicted octanol–water partition coefficient (Wildman–Crippen LogP) is 3.38. The van der Waals surface area contributed by atoms with Crippen LogP contribution in [0.4, 0.5) is 0 Å². The Labute approximate surface area is 139 Å². The minimum absolute atomic E-state index is 0.145. The SMILES string of the molecule is Cc1csc(=NC2CCCCC2)n1/N=C/c1cccc(O)c1O. The molecule has 2 aromatic rings. The zero-order chi connectivity index (χ0) is 16.2. The van der Waals surface area contributed by atoms with E-state index in [2.05, 4.69) is 5.10 Å². The van der Waals surface area contributed by atoms with Gasteiger partial charge in [-0.15, -0.1) is 11.3 Å². The van der Waals surface area contributed by atoms with Crippen molar-refractivity contribution in [1.29, 1.82) is 0 Å². The van der Waals surface area contributed by atoms with E-state index >= 15 is 0 Å². The maximum Gasteiger partial charge on any atom is 0.206 e. The van der Waals surface area contributed by atoms with Crippen LogP contribution in [-0.2, 0) is 0 Å². The number of nitrogens with zero attached hydrogens (tertiary/aromatic N) is 3. The van der Waals surface area contributed by atoms with Gasteiger partial charge in [0.25, 0.3) is 0 Å². The number of aryl methyl sites for hydroxylation is 1. The van der Waals surface area contributed by atoms with Crippen LogP contribution in [0.15, 0.2) is 33.7 Å². The third kappa shape index (κ3) is 3.64. The van der Waals surface area contributed by atoms with Gasteiger partial charge in [0.05, 0.1) is 18.0 Å². The van der Waals surface area contributed by atoms with Crippen LogP contribution in [0.5, 0.6) is 11.5 Å². The van der Waals surface area contributed by atoms with Gasteiger partial charge in [-0.3, -0.25) is 4.99 Å². The van der Waals surface area contributed by atoms with Crippen LogP contribution in [0.3, 0.4) is 0 Å². The van der Waals surface area contributed by atoms with E-state index in [1.807, 2.05) is 12.3 Å². The third-order valence-corrected chi connectivity index (χ3v) is 5.02. The number of phenols is 2. The second-order valence-electron chi connectivity index (χ2n) is 5.85. The molecule has 0 atom stereocenters. The molecule has 23 heavy (non-hydrogen) atoms. The molecule has 122 valence electrons. The van der Waals surface area contributed by atoms with Crippen LogP contribution in [0.25, 0.3) is 0 Å². The van der Waals surface area contributed by atoms with E-state index < -0.39 is 0 Å². The van der Waals surface area contributed by atoms with Crippen molar-refractivity contribution in [3.8, 4) is 11.5 Å². The summed E-state index contributed by atoms with van der Waals surface area (Å²) in [5.74, 6) is -0.302. The maximum atomic E-state index is 9.85. The predicted molar refractivity (Wildman–Crippen MR) is 92.2 cm³/mol. The molecule has 1 fully saturated rings. The molecule has 0 radical (unpaired) electrons. The van der Waals surface area contributed by atoms with Gasteiger partial charge in [-0.25, -0.2) is 4.68 Å². The van der Waals surface area contributed by atoms with E-state index in [-0.39, 0.29) is 11.5 Å². The van der Waals surface area contributed by atoms with Gasteiger partial charge in [0.15, 0.2) is 11.5 Å². The van der Waals surface area contributed by atoms with Crippen molar-refractivity contribution in [3.05, 3.63) is 39.6 Å². The largest absolute Gasteiger partial charge is 0.504 e. The molecule has 0 amide bonds. The average molecular weight is 331 g/mol. The lowest BCUT2D eigenvalue weighted by molar-refractivity contribution is 0.403. The molecular formula is C17H21N3O2S. The summed E-state index contributed by atoms with van der Waals surface area (Å²) in [6, 6.07) is 5.21. The number of hydrogen-bond donors (Lipinski definition) is 2. The summed E-state index contributed by atoms with van der Waals surface area (Å²) in [5, 5.41) is 25.9. The smallest absolute Gasteiger partial charge is 0.206 e. The van der Waals surface area contributed by atoms with Gasteiger partial charge < -0.3 is 10.2 Å². The fourth-order valence-corrected chi connectivity index (χ4v) is 3.63. The Balaban J connectivity index is 1.91. The molecule has 1 aromatic heterocycles. The molecule has 1 heterocycles. The molecule has 1 aromatic carbocycles. The molecule has 1 aliphatic rings. The monoisotopic (exact) mass is 331 g/mol. The van der Waals surface area contributed by atoms with Gasteiger partial charge in [0.1, 0.15) is 0 Å². The Bertz CT molecular complexity index is 770. The van der Waals surface area contributed by atoms with Crippen LogP contribution < -0.4 is 4.80 Å². The van der Waals surface area contributed by atoms with E-state index in [9.17, 15) is 10.2 Å². The van der Waals surface area contributed by atoms with Gasteiger partial charge in [-0.1, -0.05) is 25.3 Å². The van der Waals surface area contributed by atoms with E-state index in [0.29, 0.717) is 11.6 Å². The number of rotatable bonds is 3. The normalized spacial score (nSPS) is 17.2. The minimum Gasteiger partial charge on any atom is -0.504 e. The number of aromatic nitrogens is 1. The first-order valence-corrected chi connectivity index (χ1v) is 8.79. The first-order chi connectivity index (χ1) is 11.1. The molecule has 3 rings (SSSR count). The highest BCUT2D eigenvalue weighted by Crippen LogP contribution is 2.26. The first kappa shape index (κ1) is 15.8. The molecule has 1 aliphatic carbocycles. The fraction of sp³-hybridized carbons (Fsp3) is 0.412. The number of phenolic OH excluding ortho intramolecular Hbond substituents is 2. The zero-order valence-electron chi connectivity index (χ0n) is 13.1. The summed E-state index contributed by atoms with van der Waals surface area (Å²) < 4.78 is 1.79. The van der Waals surface area contributed by atoms with Crippen LogP contribution in [0.2, 0.25) is 0 Å². The Morgan fingerprint density at radius 2 is 2.00 bits per heavy atom. The summed E-state index contributed by atoms with van der Waals surface area (Å²) in [7, 11) is 0. The summed E-state index contributed by atoms with van der Waals surface area (Å²) in [6.07, 6.45) is 7.65. The number of hydrogen-bond acceptors (Lipinski definition) is 5. The number of para-hydroxylation sites is 1. The van der Waals surface area contributed by atoms with Crippen molar-refractivity contribution in [1.82, 2.24) is 4.68 Å². The number of benzene rings is 1. The van der Waals surface area contributed by atoms with Crippen molar-refractivity contribution >= 4 is 17.6 Å². The van der Waals surface area contributed by atoms with Gasteiger partial charge >= 0.3 is 0 Å². The molecule has 0 saturated heterocycles. The Morgan fingerprint density at radius 3 is 2.78 bits per heavy atom. The van der Waals surface area contributed by atoms with Gasteiger partial charge in [-0.2, -0.15) is 5.10 Å². The molecule has 2 N–H and O–H groups in total. The standard InChI is InChI=1S/C17H21N3O2S/c1-12-11-23-17(19-14-7-3-2-4-8-14)20(12)18-10-13-6-5-9-15(21)16(13)22/h5-6,9-11,14,21-22H,2-4,7-8H2,1H3/b18-10+,19-17?. The molecule has 0 aliphatic heterocycles. The summed E-state index contributed by atoms with van der Waals surface area (Å²) >= 11 is 1.58. The lowest BCUT2D eigenvalue weighted by Gasteiger charge is -2.16. The van der Waals surface area contributed by atoms with Crippen molar-refractivity contribution < 1.29 is 10.2 Å². The molecular weight excluding hydrogens is 310 g/mol. The van der Waals surface area contributed by atoms with E-state index in [4.69, 9.17) is 4.99 Å². The summed E-state index contributed by atoms with van der Waals surface area (Å²) in [4.78, 5) is 5.73. The van der Waals surface area contributed by atoms with Gasteiger partial charge in [0, 0.05) is 10.9 Å². The van der Waals surface area contributed by atoms with Crippen LogP contribution in [0, 0.1) is 6.92 Å². The zero-order valence-corrected chi connectivity index (χ0v) is 14.0. The number of aromatic hydroxyl groups is 2. The highest BCUT2D eigenvalue weighted by molar-refractivity contribution is 7.07. The van der Waals surface area contributed by atoms with Crippen LogP contribution in [-0.4, -0.2) is 27.1 Å². The van der Waals surface area contributed by atoms with Crippen molar-refractivity contribution in [2.45, 2.75) is 45.1 Å². The highest BCUT2D eigenvalue weighted by atomic mass is 32.1. The Hall–Kier alpha value is -2.08. The van der Waals surface area contributed by atoms with Crippen molar-refractivity contribution in [2.75, 3.05) is 0 Å². The van der Waals surface area contributed by atoms with E-state index in [1.54, 1.807) is 34.4 Å². The van der Waals surface area contributed by atoms with Crippen molar-refractivity contribution in [3.63, 3.8) is 0 Å². The second kappa shape index (κ2) is 7.00. The first-order valence-electron chi connectivity index (χ1n) is 7.91. The molecule has 5 nitrogen and oxygen atoms in total. The number of thiazole rings is 1. The Kier molecular flexibility index (Phi) is 4.81. The lowest BCUT2D eigenvalue weighted by Crippen LogP contribution is -2.19. The molecule has 0 bridgehead atoms. The molecule has 1 saturated carbocycles. The molecule has 0 unspecified atom stereocenters. The molecule has 6 heteroatoms. The second-order valence-corrected chi connectivity index (χ2v) is 6.69. The van der Waals surface area contributed by atoms with Gasteiger partial charge in [0.2, 0.25) is 4.80 Å². The quantitative estimate of drug-likeness (QED) is 0.668. The van der Waals surface area contributed by atoms with E-state index in [0.717, 1.165) is 23.3 Å². The third-order valence-electron chi connectivity index (χ3n) is 4.08. The van der Waals surface area contributed by atoms with Crippen LogP contribution in [0.1, 0.15) is 43.4 Å². The van der Waals surface area contributed by atoms with Crippen LogP contribution >= 0.6 is 11.3 Å². The average Bonchev–Trinajstić information content (AvgIpc) is 2.90. The topological polar surface area (TPSA) is 70.1 Å². The highest BCUT2D eigenvalue weighted by Gasteiger charge is 2.12. The Morgan fingerprint density at radius 1 is 1.22 bits per heavy atom. The lowest BCUT2D eigenvalue weighted by atomic mass is 9.96. The molecule has 0 spiro atoms. The van der Waals surface area contributed by atoms with Crippen molar-refractivity contribution in [2.24, 2.45) is 10.1 Å².